The van der Waals surface area contributed by atoms with E-state index in [9.17, 15) is 9.59 Å². The first kappa shape index (κ1) is 9.71. The summed E-state index contributed by atoms with van der Waals surface area (Å²) in [5.74, 6) is -0.0967. The summed E-state index contributed by atoms with van der Waals surface area (Å²) in [6, 6.07) is 9.31. The van der Waals surface area contributed by atoms with Crippen LogP contribution in [0.1, 0.15) is 12.0 Å². The number of urea groups is 1. The van der Waals surface area contributed by atoms with Crippen LogP contribution in [0.15, 0.2) is 30.3 Å². The van der Waals surface area contributed by atoms with Gasteiger partial charge in [0.25, 0.3) is 0 Å². The minimum atomic E-state index is -0.296. The molecule has 1 N–H and O–H groups in total. The molecular weight excluding hydrogens is 192 g/mol. The van der Waals surface area contributed by atoms with Crippen molar-refractivity contribution in [1.29, 1.82) is 0 Å². The Balaban J connectivity index is 1.83. The number of carbonyl (C=O) groups excluding carboxylic acids is 2. The molecule has 1 aromatic rings. The molecule has 1 aliphatic rings. The van der Waals surface area contributed by atoms with Crippen LogP contribution in [-0.2, 0) is 11.3 Å². The summed E-state index contributed by atoms with van der Waals surface area (Å²) in [5.41, 5.74) is 1.03. The van der Waals surface area contributed by atoms with Gasteiger partial charge >= 0.3 is 6.03 Å². The summed E-state index contributed by atoms with van der Waals surface area (Å²) >= 11 is 0. The number of amides is 3. The van der Waals surface area contributed by atoms with Crippen LogP contribution in [0, 0.1) is 0 Å². The number of benzene rings is 1. The molecule has 1 aliphatic heterocycles. The van der Waals surface area contributed by atoms with Crippen LogP contribution < -0.4 is 5.32 Å². The summed E-state index contributed by atoms with van der Waals surface area (Å²) in [4.78, 5) is 23.6. The monoisotopic (exact) mass is 204 g/mol. The maximum absolute atomic E-state index is 11.4. The van der Waals surface area contributed by atoms with Gasteiger partial charge in [-0.05, 0) is 5.56 Å². The van der Waals surface area contributed by atoms with Crippen molar-refractivity contribution in [3.63, 3.8) is 0 Å². The molecule has 0 radical (unpaired) electrons. The third-order valence-corrected chi connectivity index (χ3v) is 2.38. The highest BCUT2D eigenvalue weighted by atomic mass is 16.2. The van der Waals surface area contributed by atoms with E-state index in [-0.39, 0.29) is 11.9 Å². The highest BCUT2D eigenvalue weighted by Gasteiger charge is 2.29. The van der Waals surface area contributed by atoms with Gasteiger partial charge < -0.3 is 5.32 Å². The summed E-state index contributed by atoms with van der Waals surface area (Å²) in [6.45, 7) is 1.00. The SMILES string of the molecule is O=C1CCN1C(=O)NCc1ccccc1. The standard InChI is InChI=1S/C11H12N2O2/c14-10-6-7-13(10)11(15)12-8-9-4-2-1-3-5-9/h1-5H,6-8H2,(H,12,15). The molecule has 1 fully saturated rings. The van der Waals surface area contributed by atoms with E-state index in [2.05, 4.69) is 5.32 Å². The largest absolute Gasteiger partial charge is 0.334 e. The Morgan fingerprint density at radius 1 is 1.33 bits per heavy atom. The zero-order valence-corrected chi connectivity index (χ0v) is 8.27. The van der Waals surface area contributed by atoms with E-state index in [1.54, 1.807) is 0 Å². The average molecular weight is 204 g/mol. The lowest BCUT2D eigenvalue weighted by Gasteiger charge is -2.28. The number of imide groups is 1. The highest BCUT2D eigenvalue weighted by Crippen LogP contribution is 2.08. The second-order valence-corrected chi connectivity index (χ2v) is 3.44. The third-order valence-electron chi connectivity index (χ3n) is 2.38. The number of nitrogens with one attached hydrogen (secondary N) is 1. The summed E-state index contributed by atoms with van der Waals surface area (Å²) in [5, 5.41) is 2.70. The first-order valence-corrected chi connectivity index (χ1v) is 4.89. The van der Waals surface area contributed by atoms with Crippen molar-refractivity contribution in [3.05, 3.63) is 35.9 Å². The van der Waals surface area contributed by atoms with Crippen molar-refractivity contribution in [3.8, 4) is 0 Å². The Kier molecular flexibility index (Phi) is 2.67. The molecule has 1 saturated heterocycles. The molecule has 0 spiro atoms. The predicted molar refractivity (Wildman–Crippen MR) is 55.0 cm³/mol. The van der Waals surface area contributed by atoms with Crippen molar-refractivity contribution in [2.45, 2.75) is 13.0 Å². The number of likely N-dealkylation sites (tertiary alicyclic amines) is 1. The fraction of sp³-hybridized carbons (Fsp3) is 0.273. The van der Waals surface area contributed by atoms with E-state index < -0.39 is 0 Å². The zero-order chi connectivity index (χ0) is 10.7. The molecule has 0 atom stereocenters. The van der Waals surface area contributed by atoms with Gasteiger partial charge in [-0.1, -0.05) is 30.3 Å². The Hall–Kier alpha value is -1.84. The average Bonchev–Trinajstić information content (AvgIpc) is 2.26. The van der Waals surface area contributed by atoms with Crippen LogP contribution in [0.2, 0.25) is 0 Å². The molecule has 0 unspecified atom stereocenters. The molecule has 0 aliphatic carbocycles. The molecule has 4 nitrogen and oxygen atoms in total. The molecule has 2 rings (SSSR count). The number of hydrogen-bond donors (Lipinski definition) is 1. The zero-order valence-electron chi connectivity index (χ0n) is 8.27. The summed E-state index contributed by atoms with van der Waals surface area (Å²) in [7, 11) is 0. The highest BCUT2D eigenvalue weighted by molar-refractivity contribution is 5.98. The van der Waals surface area contributed by atoms with Gasteiger partial charge in [0.2, 0.25) is 5.91 Å². The molecule has 4 heteroatoms. The number of nitrogens with zero attached hydrogens (tertiary/aromatic N) is 1. The number of rotatable bonds is 2. The quantitative estimate of drug-likeness (QED) is 0.734. The number of hydrogen-bond acceptors (Lipinski definition) is 2. The van der Waals surface area contributed by atoms with Crippen molar-refractivity contribution >= 4 is 11.9 Å². The normalized spacial score (nSPS) is 14.7. The van der Waals surface area contributed by atoms with Crippen molar-refractivity contribution in [2.24, 2.45) is 0 Å². The van der Waals surface area contributed by atoms with Gasteiger partial charge in [-0.25, -0.2) is 4.79 Å². The van der Waals surface area contributed by atoms with Gasteiger partial charge in [0.05, 0.1) is 0 Å². The van der Waals surface area contributed by atoms with E-state index >= 15 is 0 Å². The Morgan fingerprint density at radius 2 is 2.07 bits per heavy atom. The van der Waals surface area contributed by atoms with Gasteiger partial charge in [0.15, 0.2) is 0 Å². The minimum absolute atomic E-state index is 0.0967. The lowest BCUT2D eigenvalue weighted by Crippen LogP contribution is -2.51. The van der Waals surface area contributed by atoms with Crippen LogP contribution in [0.5, 0.6) is 0 Å². The Labute approximate surface area is 87.9 Å². The lowest BCUT2D eigenvalue weighted by atomic mass is 10.2. The summed E-state index contributed by atoms with van der Waals surface area (Å²) < 4.78 is 0. The van der Waals surface area contributed by atoms with Crippen LogP contribution in [0.3, 0.4) is 0 Å². The molecule has 0 bridgehead atoms. The molecule has 0 aromatic heterocycles. The van der Waals surface area contributed by atoms with Gasteiger partial charge in [0.1, 0.15) is 0 Å². The van der Waals surface area contributed by atoms with Gasteiger partial charge in [-0.15, -0.1) is 0 Å². The first-order chi connectivity index (χ1) is 7.27. The second-order valence-electron chi connectivity index (χ2n) is 3.44. The van der Waals surface area contributed by atoms with E-state index in [0.29, 0.717) is 19.5 Å². The second kappa shape index (κ2) is 4.13. The predicted octanol–water partition coefficient (Wildman–Crippen LogP) is 1.13. The van der Waals surface area contributed by atoms with Gasteiger partial charge in [0, 0.05) is 19.5 Å². The molecule has 78 valence electrons. The van der Waals surface area contributed by atoms with E-state index in [0.717, 1.165) is 5.56 Å². The molecule has 15 heavy (non-hydrogen) atoms. The van der Waals surface area contributed by atoms with Crippen LogP contribution in [-0.4, -0.2) is 23.4 Å². The third kappa shape index (κ3) is 2.15. The first-order valence-electron chi connectivity index (χ1n) is 4.89. The van der Waals surface area contributed by atoms with Crippen LogP contribution in [0.25, 0.3) is 0 Å². The maximum Gasteiger partial charge on any atom is 0.324 e. The minimum Gasteiger partial charge on any atom is -0.334 e. The van der Waals surface area contributed by atoms with Crippen LogP contribution >= 0.6 is 0 Å². The fourth-order valence-corrected chi connectivity index (χ4v) is 1.40. The Morgan fingerprint density at radius 3 is 2.60 bits per heavy atom. The van der Waals surface area contributed by atoms with Gasteiger partial charge in [-0.2, -0.15) is 0 Å². The fourth-order valence-electron chi connectivity index (χ4n) is 1.40. The van der Waals surface area contributed by atoms with E-state index in [1.807, 2.05) is 30.3 Å². The molecule has 0 saturated carbocycles. The molecule has 1 heterocycles. The van der Waals surface area contributed by atoms with Gasteiger partial charge in [-0.3, -0.25) is 9.69 Å². The molecule has 1 aromatic carbocycles. The maximum atomic E-state index is 11.4. The van der Waals surface area contributed by atoms with Crippen molar-refractivity contribution in [2.75, 3.05) is 6.54 Å². The van der Waals surface area contributed by atoms with Crippen LogP contribution in [0.4, 0.5) is 4.79 Å². The number of carbonyl (C=O) groups is 2. The summed E-state index contributed by atoms with van der Waals surface area (Å²) in [6.07, 6.45) is 0.485. The van der Waals surface area contributed by atoms with Crippen molar-refractivity contribution < 1.29 is 9.59 Å². The lowest BCUT2D eigenvalue weighted by molar-refractivity contribution is -0.135. The Bertz CT molecular complexity index is 375. The number of β-lactam (4-membered cyclic amide) rings is 1. The smallest absolute Gasteiger partial charge is 0.324 e. The van der Waals surface area contributed by atoms with E-state index in [1.165, 1.54) is 4.90 Å². The molecule has 3 amide bonds. The molecular formula is C11H12N2O2. The van der Waals surface area contributed by atoms with E-state index in [4.69, 9.17) is 0 Å². The topological polar surface area (TPSA) is 49.4 Å². The van der Waals surface area contributed by atoms with Crippen molar-refractivity contribution in [1.82, 2.24) is 10.2 Å².